The summed E-state index contributed by atoms with van der Waals surface area (Å²) in [5.74, 6) is 0.00167. The molecule has 0 spiro atoms. The third-order valence-electron chi connectivity index (χ3n) is 3.87. The van der Waals surface area contributed by atoms with Crippen molar-refractivity contribution in [3.63, 3.8) is 0 Å². The molecule has 1 atom stereocenters. The van der Waals surface area contributed by atoms with Gasteiger partial charge in [0.25, 0.3) is 5.91 Å². The summed E-state index contributed by atoms with van der Waals surface area (Å²) in [6, 6.07) is 16.2. The van der Waals surface area contributed by atoms with Crippen LogP contribution in [0.1, 0.15) is 40.9 Å². The minimum atomic E-state index is 0.000671. The number of anilines is 1. The summed E-state index contributed by atoms with van der Waals surface area (Å²) in [6.45, 7) is 2.85. The van der Waals surface area contributed by atoms with E-state index in [0.717, 1.165) is 29.7 Å². The van der Waals surface area contributed by atoms with Crippen LogP contribution in [0.4, 0.5) is 5.69 Å². The van der Waals surface area contributed by atoms with E-state index in [1.807, 2.05) is 42.5 Å². The first kappa shape index (κ1) is 13.7. The van der Waals surface area contributed by atoms with Gasteiger partial charge >= 0.3 is 0 Å². The van der Waals surface area contributed by atoms with Crippen LogP contribution in [0, 0.1) is 0 Å². The van der Waals surface area contributed by atoms with Crippen molar-refractivity contribution in [3.8, 4) is 0 Å². The molecule has 108 valence electrons. The third-order valence-corrected chi connectivity index (χ3v) is 3.87. The summed E-state index contributed by atoms with van der Waals surface area (Å²) in [7, 11) is 0. The average molecular weight is 280 g/mol. The maximum absolute atomic E-state index is 12.5. The number of rotatable bonds is 3. The number of carbonyl (C=O) groups is 1. The lowest BCUT2D eigenvalue weighted by Gasteiger charge is -2.16. The Balaban J connectivity index is 1.87. The highest BCUT2D eigenvalue weighted by molar-refractivity contribution is 6.00. The lowest BCUT2D eigenvalue weighted by molar-refractivity contribution is 0.0942. The lowest BCUT2D eigenvalue weighted by atomic mass is 10.0. The van der Waals surface area contributed by atoms with Crippen LogP contribution in [0.2, 0.25) is 0 Å². The molecule has 1 unspecified atom stereocenters. The molecule has 21 heavy (non-hydrogen) atoms. The molecular weight excluding hydrogens is 260 g/mol. The van der Waals surface area contributed by atoms with Crippen LogP contribution in [-0.2, 0) is 6.42 Å². The van der Waals surface area contributed by atoms with E-state index in [4.69, 9.17) is 0 Å². The Labute approximate surface area is 125 Å². The van der Waals surface area contributed by atoms with Crippen LogP contribution in [0.5, 0.6) is 0 Å². The Morgan fingerprint density at radius 3 is 2.71 bits per heavy atom. The van der Waals surface area contributed by atoms with Crippen molar-refractivity contribution >= 4 is 11.6 Å². The third kappa shape index (κ3) is 2.92. The van der Waals surface area contributed by atoms with E-state index in [1.54, 1.807) is 0 Å². The van der Waals surface area contributed by atoms with E-state index in [1.165, 1.54) is 5.56 Å². The molecule has 0 bridgehead atoms. The molecule has 3 rings (SSSR count). The molecule has 0 aromatic heterocycles. The fourth-order valence-electron chi connectivity index (χ4n) is 2.76. The predicted molar refractivity (Wildman–Crippen MR) is 85.6 cm³/mol. The zero-order valence-corrected chi connectivity index (χ0v) is 12.2. The SMILES string of the molecule is CCCc1ccc2c(c1)C(=O)NC(c1ccccc1)CN2. The van der Waals surface area contributed by atoms with Crippen LogP contribution < -0.4 is 10.6 Å². The molecule has 2 N–H and O–H groups in total. The Morgan fingerprint density at radius 2 is 1.95 bits per heavy atom. The summed E-state index contributed by atoms with van der Waals surface area (Å²) in [5.41, 5.74) is 4.01. The average Bonchev–Trinajstić information content (AvgIpc) is 2.68. The molecule has 3 nitrogen and oxygen atoms in total. The van der Waals surface area contributed by atoms with Crippen molar-refractivity contribution in [1.82, 2.24) is 5.32 Å². The number of carbonyl (C=O) groups excluding carboxylic acids is 1. The molecule has 0 radical (unpaired) electrons. The molecule has 0 saturated heterocycles. The lowest BCUT2D eigenvalue weighted by Crippen LogP contribution is -2.29. The van der Waals surface area contributed by atoms with Gasteiger partial charge in [-0.2, -0.15) is 0 Å². The molecule has 2 aromatic carbocycles. The number of hydrogen-bond donors (Lipinski definition) is 2. The number of nitrogens with one attached hydrogen (secondary N) is 2. The smallest absolute Gasteiger partial charge is 0.253 e. The highest BCUT2D eigenvalue weighted by Crippen LogP contribution is 2.24. The first-order valence-corrected chi connectivity index (χ1v) is 7.50. The number of hydrogen-bond acceptors (Lipinski definition) is 2. The Bertz CT molecular complexity index is 637. The maximum atomic E-state index is 12.5. The van der Waals surface area contributed by atoms with Crippen molar-refractivity contribution in [2.45, 2.75) is 25.8 Å². The number of benzene rings is 2. The van der Waals surface area contributed by atoms with Gasteiger partial charge in [0.15, 0.2) is 0 Å². The molecular formula is C18H20N2O. The molecule has 3 heteroatoms. The second-order valence-corrected chi connectivity index (χ2v) is 5.45. The number of aryl methyl sites for hydroxylation is 1. The molecule has 0 aliphatic carbocycles. The quantitative estimate of drug-likeness (QED) is 0.903. The van der Waals surface area contributed by atoms with Gasteiger partial charge in [0.05, 0.1) is 11.6 Å². The van der Waals surface area contributed by atoms with Crippen molar-refractivity contribution in [1.29, 1.82) is 0 Å². The van der Waals surface area contributed by atoms with Gasteiger partial charge in [-0.25, -0.2) is 0 Å². The summed E-state index contributed by atoms with van der Waals surface area (Å²) in [6.07, 6.45) is 2.09. The largest absolute Gasteiger partial charge is 0.382 e. The second-order valence-electron chi connectivity index (χ2n) is 5.45. The second kappa shape index (κ2) is 6.00. The molecule has 1 aliphatic rings. The van der Waals surface area contributed by atoms with E-state index < -0.39 is 0 Å². The minimum absolute atomic E-state index is 0.000671. The van der Waals surface area contributed by atoms with E-state index >= 15 is 0 Å². The molecule has 1 heterocycles. The van der Waals surface area contributed by atoms with Gasteiger partial charge in [0, 0.05) is 12.2 Å². The first-order chi connectivity index (χ1) is 10.3. The summed E-state index contributed by atoms with van der Waals surface area (Å²) < 4.78 is 0. The van der Waals surface area contributed by atoms with Crippen LogP contribution in [0.15, 0.2) is 48.5 Å². The molecule has 1 aliphatic heterocycles. The zero-order valence-electron chi connectivity index (χ0n) is 12.2. The van der Waals surface area contributed by atoms with Crippen LogP contribution in [0.25, 0.3) is 0 Å². The standard InChI is InChI=1S/C18H20N2O/c1-2-6-13-9-10-16-15(11-13)18(21)20-17(12-19-16)14-7-4-3-5-8-14/h3-5,7-11,17,19H,2,6,12H2,1H3,(H,20,21). The fraction of sp³-hybridized carbons (Fsp3) is 0.278. The summed E-state index contributed by atoms with van der Waals surface area (Å²) in [5, 5.41) is 6.51. The van der Waals surface area contributed by atoms with Crippen molar-refractivity contribution < 1.29 is 4.79 Å². The van der Waals surface area contributed by atoms with Gasteiger partial charge in [-0.3, -0.25) is 4.79 Å². The Hall–Kier alpha value is -2.29. The van der Waals surface area contributed by atoms with Gasteiger partial charge in [-0.05, 0) is 29.7 Å². The molecule has 2 aromatic rings. The fourth-order valence-corrected chi connectivity index (χ4v) is 2.76. The minimum Gasteiger partial charge on any atom is -0.382 e. The van der Waals surface area contributed by atoms with Crippen LogP contribution in [0.3, 0.4) is 0 Å². The number of fused-ring (bicyclic) bond motifs is 1. The molecule has 1 amide bonds. The normalized spacial score (nSPS) is 17.4. The Morgan fingerprint density at radius 1 is 1.14 bits per heavy atom. The predicted octanol–water partition coefficient (Wildman–Crippen LogP) is 3.54. The first-order valence-electron chi connectivity index (χ1n) is 7.50. The summed E-state index contributed by atoms with van der Waals surface area (Å²) in [4.78, 5) is 12.5. The van der Waals surface area contributed by atoms with Gasteiger partial charge in [0.2, 0.25) is 0 Å². The van der Waals surface area contributed by atoms with Gasteiger partial charge in [-0.15, -0.1) is 0 Å². The highest BCUT2D eigenvalue weighted by Gasteiger charge is 2.22. The van der Waals surface area contributed by atoms with E-state index in [-0.39, 0.29) is 11.9 Å². The topological polar surface area (TPSA) is 41.1 Å². The van der Waals surface area contributed by atoms with E-state index in [0.29, 0.717) is 6.54 Å². The number of amides is 1. The van der Waals surface area contributed by atoms with Crippen LogP contribution >= 0.6 is 0 Å². The van der Waals surface area contributed by atoms with E-state index in [2.05, 4.69) is 23.6 Å². The molecule has 0 saturated carbocycles. The van der Waals surface area contributed by atoms with Gasteiger partial charge < -0.3 is 10.6 Å². The van der Waals surface area contributed by atoms with Gasteiger partial charge in [-0.1, -0.05) is 49.7 Å². The molecule has 0 fully saturated rings. The monoisotopic (exact) mass is 280 g/mol. The Kier molecular flexibility index (Phi) is 3.91. The van der Waals surface area contributed by atoms with Crippen molar-refractivity contribution in [3.05, 3.63) is 65.2 Å². The zero-order chi connectivity index (χ0) is 14.7. The van der Waals surface area contributed by atoms with Crippen LogP contribution in [-0.4, -0.2) is 12.5 Å². The summed E-state index contributed by atoms with van der Waals surface area (Å²) >= 11 is 0. The maximum Gasteiger partial charge on any atom is 0.253 e. The highest BCUT2D eigenvalue weighted by atomic mass is 16.1. The van der Waals surface area contributed by atoms with Gasteiger partial charge in [0.1, 0.15) is 0 Å². The van der Waals surface area contributed by atoms with Crippen molar-refractivity contribution in [2.75, 3.05) is 11.9 Å². The van der Waals surface area contributed by atoms with E-state index in [9.17, 15) is 4.79 Å². The van der Waals surface area contributed by atoms with Crippen molar-refractivity contribution in [2.24, 2.45) is 0 Å².